The van der Waals surface area contributed by atoms with Gasteiger partial charge in [0.2, 0.25) is 0 Å². The standard InChI is InChI=1S/C11H10BrClN2O2/c12-7-1-2-10(13)11(3-7)16-6-9-4-8(5-14)15-17-9/h1-4H,5-6,14H2. The van der Waals surface area contributed by atoms with Crippen LogP contribution in [0.5, 0.6) is 5.75 Å². The molecule has 4 nitrogen and oxygen atoms in total. The first-order valence-corrected chi connectivity index (χ1v) is 6.08. The van der Waals surface area contributed by atoms with Crippen molar-refractivity contribution in [2.24, 2.45) is 5.73 Å². The van der Waals surface area contributed by atoms with Crippen molar-refractivity contribution in [1.29, 1.82) is 0 Å². The fourth-order valence-corrected chi connectivity index (χ4v) is 1.77. The molecule has 0 aliphatic carbocycles. The molecule has 2 aromatic rings. The van der Waals surface area contributed by atoms with Gasteiger partial charge in [-0.1, -0.05) is 32.7 Å². The highest BCUT2D eigenvalue weighted by atomic mass is 79.9. The Balaban J connectivity index is 2.04. The first-order valence-electron chi connectivity index (χ1n) is 4.91. The molecule has 0 saturated heterocycles. The highest BCUT2D eigenvalue weighted by Crippen LogP contribution is 2.28. The summed E-state index contributed by atoms with van der Waals surface area (Å²) < 4.78 is 11.5. The summed E-state index contributed by atoms with van der Waals surface area (Å²) in [5.74, 6) is 1.20. The van der Waals surface area contributed by atoms with Crippen LogP contribution in [-0.4, -0.2) is 5.16 Å². The van der Waals surface area contributed by atoms with Crippen molar-refractivity contribution in [3.05, 3.63) is 45.2 Å². The molecule has 2 rings (SSSR count). The topological polar surface area (TPSA) is 61.3 Å². The first-order chi connectivity index (χ1) is 8.19. The van der Waals surface area contributed by atoms with Crippen molar-refractivity contribution in [1.82, 2.24) is 5.16 Å². The molecular formula is C11H10BrClN2O2. The largest absolute Gasteiger partial charge is 0.484 e. The minimum atomic E-state index is 0.267. The van der Waals surface area contributed by atoms with Crippen LogP contribution >= 0.6 is 27.5 Å². The zero-order valence-electron chi connectivity index (χ0n) is 8.82. The summed E-state index contributed by atoms with van der Waals surface area (Å²) in [5, 5.41) is 4.31. The Bertz CT molecular complexity index is 516. The number of ether oxygens (including phenoxy) is 1. The molecule has 0 bridgehead atoms. The summed E-state index contributed by atoms with van der Waals surface area (Å²) >= 11 is 9.33. The van der Waals surface area contributed by atoms with E-state index in [-0.39, 0.29) is 6.61 Å². The zero-order chi connectivity index (χ0) is 12.3. The third-order valence-corrected chi connectivity index (χ3v) is 2.89. The molecule has 0 fully saturated rings. The van der Waals surface area contributed by atoms with Crippen LogP contribution in [0, 0.1) is 0 Å². The van der Waals surface area contributed by atoms with Crippen LogP contribution in [0.1, 0.15) is 11.5 Å². The quantitative estimate of drug-likeness (QED) is 0.941. The predicted molar refractivity (Wildman–Crippen MR) is 67.9 cm³/mol. The average Bonchev–Trinajstić information content (AvgIpc) is 2.78. The van der Waals surface area contributed by atoms with E-state index in [2.05, 4.69) is 21.1 Å². The molecule has 0 radical (unpaired) electrons. The van der Waals surface area contributed by atoms with Crippen LogP contribution in [0.15, 0.2) is 33.3 Å². The monoisotopic (exact) mass is 316 g/mol. The van der Waals surface area contributed by atoms with Gasteiger partial charge in [0.25, 0.3) is 0 Å². The molecular weight excluding hydrogens is 307 g/mol. The lowest BCUT2D eigenvalue weighted by Gasteiger charge is -2.06. The maximum atomic E-state index is 5.98. The summed E-state index contributed by atoms with van der Waals surface area (Å²) in [6, 6.07) is 7.15. The average molecular weight is 318 g/mol. The van der Waals surface area contributed by atoms with Crippen molar-refractivity contribution < 1.29 is 9.26 Å². The van der Waals surface area contributed by atoms with Crippen LogP contribution in [0.4, 0.5) is 0 Å². The normalized spacial score (nSPS) is 10.5. The second-order valence-corrected chi connectivity index (χ2v) is 4.67. The molecule has 1 aromatic heterocycles. The van der Waals surface area contributed by atoms with Crippen LogP contribution in [0.3, 0.4) is 0 Å². The van der Waals surface area contributed by atoms with Crippen LogP contribution in [0.2, 0.25) is 5.02 Å². The highest BCUT2D eigenvalue weighted by molar-refractivity contribution is 9.10. The lowest BCUT2D eigenvalue weighted by Crippen LogP contribution is -1.96. The summed E-state index contributed by atoms with van der Waals surface area (Å²) in [6.07, 6.45) is 0. The van der Waals surface area contributed by atoms with Gasteiger partial charge in [-0.25, -0.2) is 0 Å². The van der Waals surface area contributed by atoms with Crippen LogP contribution in [0.25, 0.3) is 0 Å². The number of rotatable bonds is 4. The molecule has 0 atom stereocenters. The van der Waals surface area contributed by atoms with Gasteiger partial charge >= 0.3 is 0 Å². The Morgan fingerprint density at radius 3 is 2.94 bits per heavy atom. The zero-order valence-corrected chi connectivity index (χ0v) is 11.2. The Labute approximate surface area is 112 Å². The fraction of sp³-hybridized carbons (Fsp3) is 0.182. The highest BCUT2D eigenvalue weighted by Gasteiger charge is 2.06. The number of aromatic nitrogens is 1. The third-order valence-electron chi connectivity index (χ3n) is 2.08. The molecule has 1 heterocycles. The number of nitrogens with zero attached hydrogens (tertiary/aromatic N) is 1. The Kier molecular flexibility index (Phi) is 4.04. The van der Waals surface area contributed by atoms with Crippen molar-refractivity contribution in [2.75, 3.05) is 0 Å². The van der Waals surface area contributed by atoms with Gasteiger partial charge < -0.3 is 15.0 Å². The maximum Gasteiger partial charge on any atom is 0.174 e. The fourth-order valence-electron chi connectivity index (χ4n) is 1.26. The maximum absolute atomic E-state index is 5.98. The number of hydrogen-bond donors (Lipinski definition) is 1. The van der Waals surface area contributed by atoms with E-state index in [0.29, 0.717) is 28.8 Å². The first kappa shape index (κ1) is 12.4. The third kappa shape index (κ3) is 3.21. The lowest BCUT2D eigenvalue weighted by molar-refractivity contribution is 0.248. The molecule has 17 heavy (non-hydrogen) atoms. The molecule has 6 heteroatoms. The van der Waals surface area contributed by atoms with Gasteiger partial charge in [0.05, 0.1) is 10.7 Å². The van der Waals surface area contributed by atoms with Gasteiger partial charge in [0, 0.05) is 17.1 Å². The molecule has 0 aliphatic heterocycles. The molecule has 0 amide bonds. The van der Waals surface area contributed by atoms with E-state index in [0.717, 1.165) is 4.47 Å². The van der Waals surface area contributed by atoms with E-state index < -0.39 is 0 Å². The molecule has 2 N–H and O–H groups in total. The Hall–Kier alpha value is -1.04. The van der Waals surface area contributed by atoms with E-state index in [1.807, 2.05) is 6.07 Å². The second kappa shape index (κ2) is 5.53. The minimum absolute atomic E-state index is 0.267. The summed E-state index contributed by atoms with van der Waals surface area (Å²) in [6.45, 7) is 0.615. The van der Waals surface area contributed by atoms with Gasteiger partial charge in [-0.2, -0.15) is 0 Å². The number of nitrogens with two attached hydrogens (primary N) is 1. The van der Waals surface area contributed by atoms with Crippen molar-refractivity contribution in [3.63, 3.8) is 0 Å². The van der Waals surface area contributed by atoms with Gasteiger partial charge in [-0.05, 0) is 18.2 Å². The lowest BCUT2D eigenvalue weighted by atomic mass is 10.3. The number of hydrogen-bond acceptors (Lipinski definition) is 4. The Morgan fingerprint density at radius 1 is 1.41 bits per heavy atom. The molecule has 0 spiro atoms. The van der Waals surface area contributed by atoms with E-state index >= 15 is 0 Å². The summed E-state index contributed by atoms with van der Waals surface area (Å²) in [7, 11) is 0. The molecule has 0 unspecified atom stereocenters. The van der Waals surface area contributed by atoms with Crippen LogP contribution in [-0.2, 0) is 13.2 Å². The van der Waals surface area contributed by atoms with Gasteiger partial charge in [0.1, 0.15) is 12.4 Å². The van der Waals surface area contributed by atoms with E-state index in [1.54, 1.807) is 18.2 Å². The van der Waals surface area contributed by atoms with Gasteiger partial charge in [-0.15, -0.1) is 0 Å². The number of benzene rings is 1. The van der Waals surface area contributed by atoms with Crippen molar-refractivity contribution >= 4 is 27.5 Å². The smallest absolute Gasteiger partial charge is 0.174 e. The number of halogens is 2. The van der Waals surface area contributed by atoms with Gasteiger partial charge in [-0.3, -0.25) is 0 Å². The van der Waals surface area contributed by atoms with E-state index in [1.165, 1.54) is 0 Å². The minimum Gasteiger partial charge on any atom is -0.484 e. The Morgan fingerprint density at radius 2 is 2.24 bits per heavy atom. The van der Waals surface area contributed by atoms with Crippen molar-refractivity contribution in [3.8, 4) is 5.75 Å². The predicted octanol–water partition coefficient (Wildman–Crippen LogP) is 3.13. The van der Waals surface area contributed by atoms with E-state index in [4.69, 9.17) is 26.6 Å². The molecule has 1 aromatic carbocycles. The molecule has 0 saturated carbocycles. The van der Waals surface area contributed by atoms with Crippen molar-refractivity contribution in [2.45, 2.75) is 13.2 Å². The SMILES string of the molecule is NCc1cc(COc2cc(Br)ccc2Cl)on1. The molecule has 90 valence electrons. The van der Waals surface area contributed by atoms with E-state index in [9.17, 15) is 0 Å². The summed E-state index contributed by atoms with van der Waals surface area (Å²) in [5.41, 5.74) is 6.12. The second-order valence-electron chi connectivity index (χ2n) is 3.35. The van der Waals surface area contributed by atoms with Crippen LogP contribution < -0.4 is 10.5 Å². The molecule has 0 aliphatic rings. The summed E-state index contributed by atoms with van der Waals surface area (Å²) in [4.78, 5) is 0. The van der Waals surface area contributed by atoms with Gasteiger partial charge in [0.15, 0.2) is 5.76 Å².